The van der Waals surface area contributed by atoms with Crippen LogP contribution in [0.3, 0.4) is 0 Å². The fourth-order valence-corrected chi connectivity index (χ4v) is 3.19. The van der Waals surface area contributed by atoms with Gasteiger partial charge in [0.1, 0.15) is 0 Å². The van der Waals surface area contributed by atoms with Gasteiger partial charge in [-0.2, -0.15) is 4.98 Å². The van der Waals surface area contributed by atoms with Crippen LogP contribution in [0.25, 0.3) is 11.6 Å². The van der Waals surface area contributed by atoms with E-state index in [1.54, 1.807) is 18.4 Å². The first kappa shape index (κ1) is 12.2. The molecule has 0 bridgehead atoms. The molecule has 0 aliphatic carbocycles. The van der Waals surface area contributed by atoms with Gasteiger partial charge in [-0.25, -0.2) is 0 Å². The molecule has 1 atom stereocenters. The van der Waals surface area contributed by atoms with Crippen LogP contribution in [0.2, 0.25) is 0 Å². The first-order valence-corrected chi connectivity index (χ1v) is 7.05. The van der Waals surface area contributed by atoms with Gasteiger partial charge in [-0.1, -0.05) is 28.3 Å². The molecule has 0 unspecified atom stereocenters. The topological polar surface area (TPSA) is 104 Å². The van der Waals surface area contributed by atoms with E-state index in [0.717, 1.165) is 4.34 Å². The van der Waals surface area contributed by atoms with Crippen LogP contribution < -0.4 is 5.73 Å². The molecular formula is C10H9N5O2S2. The van der Waals surface area contributed by atoms with Crippen molar-refractivity contribution in [2.45, 2.75) is 16.5 Å². The summed E-state index contributed by atoms with van der Waals surface area (Å²) in [7, 11) is 0. The predicted molar refractivity (Wildman–Crippen MR) is 70.6 cm³/mol. The lowest BCUT2D eigenvalue weighted by Gasteiger charge is -2.00. The minimum absolute atomic E-state index is 0.0384. The Hall–Kier alpha value is -1.87. The average Bonchev–Trinajstić information content (AvgIpc) is 3.08. The number of furan rings is 1. The van der Waals surface area contributed by atoms with Gasteiger partial charge in [0, 0.05) is 0 Å². The smallest absolute Gasteiger partial charge is 0.240 e. The summed E-state index contributed by atoms with van der Waals surface area (Å²) < 4.78 is 11.2. The molecule has 98 valence electrons. The zero-order valence-electron chi connectivity index (χ0n) is 9.81. The van der Waals surface area contributed by atoms with Crippen molar-refractivity contribution in [2.75, 3.05) is 5.73 Å². The number of aromatic nitrogens is 4. The lowest BCUT2D eigenvalue weighted by molar-refractivity contribution is 0.379. The van der Waals surface area contributed by atoms with Crippen molar-refractivity contribution in [1.82, 2.24) is 20.3 Å². The zero-order chi connectivity index (χ0) is 13.2. The normalized spacial score (nSPS) is 12.7. The molecule has 3 aromatic heterocycles. The summed E-state index contributed by atoms with van der Waals surface area (Å²) in [6.07, 6.45) is 1.56. The number of hydrogen-bond donors (Lipinski definition) is 1. The summed E-state index contributed by atoms with van der Waals surface area (Å²) in [6, 6.07) is 3.55. The second kappa shape index (κ2) is 5.02. The summed E-state index contributed by atoms with van der Waals surface area (Å²) in [5.74, 6) is 1.52. The molecule has 3 rings (SSSR count). The number of thioether (sulfide) groups is 1. The molecule has 0 spiro atoms. The van der Waals surface area contributed by atoms with E-state index < -0.39 is 0 Å². The molecule has 7 nitrogen and oxygen atoms in total. The standard InChI is InChI=1S/C10H9N5O2S2/c1-5(18-10-14-13-9(11)19-10)8-12-7(15-17-8)6-3-2-4-16-6/h2-5H,1H3,(H2,11,13)/t5-/m0/s1. The Morgan fingerprint density at radius 3 is 3.00 bits per heavy atom. The summed E-state index contributed by atoms with van der Waals surface area (Å²) in [5.41, 5.74) is 5.53. The number of rotatable bonds is 4. The van der Waals surface area contributed by atoms with Crippen LogP contribution in [-0.2, 0) is 0 Å². The van der Waals surface area contributed by atoms with E-state index in [2.05, 4.69) is 20.3 Å². The second-order valence-electron chi connectivity index (χ2n) is 3.60. The quantitative estimate of drug-likeness (QED) is 0.732. The summed E-state index contributed by atoms with van der Waals surface area (Å²) >= 11 is 2.79. The largest absolute Gasteiger partial charge is 0.461 e. The number of anilines is 1. The maximum absolute atomic E-state index is 5.53. The Bertz CT molecular complexity index is 663. The van der Waals surface area contributed by atoms with Crippen LogP contribution in [0.4, 0.5) is 5.13 Å². The first-order valence-electron chi connectivity index (χ1n) is 5.35. The van der Waals surface area contributed by atoms with Crippen LogP contribution in [0.1, 0.15) is 18.1 Å². The van der Waals surface area contributed by atoms with Crippen LogP contribution in [0.15, 0.2) is 31.7 Å². The lowest BCUT2D eigenvalue weighted by Crippen LogP contribution is -1.88. The fraction of sp³-hybridized carbons (Fsp3) is 0.200. The summed E-state index contributed by atoms with van der Waals surface area (Å²) in [6.45, 7) is 1.95. The highest BCUT2D eigenvalue weighted by Gasteiger charge is 2.19. The van der Waals surface area contributed by atoms with Crippen molar-refractivity contribution in [3.05, 3.63) is 24.3 Å². The minimum atomic E-state index is -0.0384. The second-order valence-corrected chi connectivity index (χ2v) is 6.20. The van der Waals surface area contributed by atoms with Gasteiger partial charge >= 0.3 is 0 Å². The van der Waals surface area contributed by atoms with Gasteiger partial charge < -0.3 is 14.7 Å². The molecule has 3 aromatic rings. The molecule has 0 saturated heterocycles. The number of hydrogen-bond acceptors (Lipinski definition) is 9. The average molecular weight is 295 g/mol. The molecule has 19 heavy (non-hydrogen) atoms. The Kier molecular flexibility index (Phi) is 3.22. The molecule has 0 aliphatic rings. The van der Waals surface area contributed by atoms with Gasteiger partial charge in [0.2, 0.25) is 16.8 Å². The van der Waals surface area contributed by atoms with Crippen molar-refractivity contribution in [3.63, 3.8) is 0 Å². The zero-order valence-corrected chi connectivity index (χ0v) is 11.4. The Labute approximate surface area is 116 Å². The molecule has 0 saturated carbocycles. The molecule has 0 aliphatic heterocycles. The highest BCUT2D eigenvalue weighted by molar-refractivity contribution is 8.01. The molecule has 0 fully saturated rings. The highest BCUT2D eigenvalue weighted by Crippen LogP contribution is 2.36. The first-order chi connectivity index (χ1) is 9.22. The van der Waals surface area contributed by atoms with Crippen LogP contribution >= 0.6 is 23.1 Å². The molecule has 0 amide bonds. The van der Waals surface area contributed by atoms with Gasteiger partial charge in [-0.15, -0.1) is 10.2 Å². The molecule has 9 heteroatoms. The molecule has 0 radical (unpaired) electrons. The minimum Gasteiger partial charge on any atom is -0.461 e. The molecule has 0 aromatic carbocycles. The molecule has 2 N–H and O–H groups in total. The molecule has 3 heterocycles. The van der Waals surface area contributed by atoms with Crippen molar-refractivity contribution < 1.29 is 8.94 Å². The van der Waals surface area contributed by atoms with Crippen molar-refractivity contribution >= 4 is 28.2 Å². The lowest BCUT2D eigenvalue weighted by atomic mass is 10.4. The van der Waals surface area contributed by atoms with Crippen LogP contribution in [-0.4, -0.2) is 20.3 Å². The SMILES string of the molecule is C[C@H](Sc1nnc(N)s1)c1nc(-c2ccco2)no1. The summed E-state index contributed by atoms with van der Waals surface area (Å²) in [4.78, 5) is 4.29. The van der Waals surface area contributed by atoms with E-state index >= 15 is 0 Å². The summed E-state index contributed by atoms with van der Waals surface area (Å²) in [5, 5.41) is 12.0. The Morgan fingerprint density at radius 2 is 2.32 bits per heavy atom. The third-order valence-electron chi connectivity index (χ3n) is 2.23. The number of nitrogens with zero attached hydrogens (tertiary/aromatic N) is 4. The van der Waals surface area contributed by atoms with Gasteiger partial charge in [-0.3, -0.25) is 0 Å². The highest BCUT2D eigenvalue weighted by atomic mass is 32.2. The van der Waals surface area contributed by atoms with Crippen molar-refractivity contribution in [3.8, 4) is 11.6 Å². The fourth-order valence-electron chi connectivity index (χ4n) is 1.38. The van der Waals surface area contributed by atoms with Crippen LogP contribution in [0, 0.1) is 0 Å². The Balaban J connectivity index is 1.75. The van der Waals surface area contributed by atoms with Gasteiger partial charge in [-0.05, 0) is 19.1 Å². The Morgan fingerprint density at radius 1 is 1.42 bits per heavy atom. The van der Waals surface area contributed by atoms with E-state index in [1.807, 2.05) is 6.92 Å². The maximum Gasteiger partial charge on any atom is 0.240 e. The predicted octanol–water partition coefficient (Wildman–Crippen LogP) is 2.62. The third-order valence-corrected chi connectivity index (χ3v) is 4.15. The third kappa shape index (κ3) is 2.61. The monoisotopic (exact) mass is 295 g/mol. The van der Waals surface area contributed by atoms with Gasteiger partial charge in [0.05, 0.1) is 11.5 Å². The van der Waals surface area contributed by atoms with E-state index in [1.165, 1.54) is 23.1 Å². The number of nitrogen functional groups attached to an aromatic ring is 1. The maximum atomic E-state index is 5.53. The van der Waals surface area contributed by atoms with E-state index in [-0.39, 0.29) is 5.25 Å². The van der Waals surface area contributed by atoms with E-state index in [0.29, 0.717) is 22.6 Å². The van der Waals surface area contributed by atoms with Gasteiger partial charge in [0.25, 0.3) is 0 Å². The van der Waals surface area contributed by atoms with Crippen molar-refractivity contribution in [2.24, 2.45) is 0 Å². The van der Waals surface area contributed by atoms with Crippen LogP contribution in [0.5, 0.6) is 0 Å². The van der Waals surface area contributed by atoms with E-state index in [4.69, 9.17) is 14.7 Å². The van der Waals surface area contributed by atoms with E-state index in [9.17, 15) is 0 Å². The van der Waals surface area contributed by atoms with Crippen molar-refractivity contribution in [1.29, 1.82) is 0 Å². The van der Waals surface area contributed by atoms with Gasteiger partial charge in [0.15, 0.2) is 10.1 Å². The number of nitrogens with two attached hydrogens (primary N) is 1. The molecular weight excluding hydrogens is 286 g/mol.